The van der Waals surface area contributed by atoms with E-state index in [0.29, 0.717) is 12.8 Å². The fourth-order valence-electron chi connectivity index (χ4n) is 3.42. The fourth-order valence-corrected chi connectivity index (χ4v) is 3.42. The second-order valence-corrected chi connectivity index (χ2v) is 8.16. The Morgan fingerprint density at radius 3 is 2.67 bits per heavy atom. The Morgan fingerprint density at radius 2 is 2.03 bits per heavy atom. The number of amides is 1. The Morgan fingerprint density at radius 1 is 1.27 bits per heavy atom. The molecule has 176 valence electrons. The Hall–Kier alpha value is -3.34. The van der Waals surface area contributed by atoms with Gasteiger partial charge in [0.15, 0.2) is 0 Å². The molecule has 4 nitrogen and oxygen atoms in total. The van der Waals surface area contributed by atoms with Crippen molar-refractivity contribution in [2.24, 2.45) is 5.73 Å². The molecule has 0 saturated heterocycles. The topological polar surface area (TPSA) is 55.6 Å². The van der Waals surface area contributed by atoms with E-state index in [4.69, 9.17) is 10.5 Å². The third-order valence-corrected chi connectivity index (χ3v) is 5.39. The van der Waals surface area contributed by atoms with Crippen LogP contribution in [0.25, 0.3) is 5.57 Å². The number of hydrogen-bond acceptors (Lipinski definition) is 3. The summed E-state index contributed by atoms with van der Waals surface area (Å²) in [6.45, 7) is 6.35. The van der Waals surface area contributed by atoms with Crippen LogP contribution >= 0.6 is 0 Å². The molecule has 1 amide bonds. The third-order valence-electron chi connectivity index (χ3n) is 5.39. The number of benzene rings is 1. The van der Waals surface area contributed by atoms with Crippen molar-refractivity contribution in [1.29, 1.82) is 0 Å². The number of carbonyl (C=O) groups is 1. The number of nitrogens with two attached hydrogens (primary N) is 1. The summed E-state index contributed by atoms with van der Waals surface area (Å²) in [6.07, 6.45) is 13.6. The normalized spacial score (nSPS) is 16.4. The van der Waals surface area contributed by atoms with E-state index < -0.39 is 0 Å². The maximum Gasteiger partial charge on any atom is 0.225 e. The molecule has 1 aromatic carbocycles. The molecule has 1 aliphatic rings. The van der Waals surface area contributed by atoms with Crippen LogP contribution < -0.4 is 5.73 Å². The first-order valence-electron chi connectivity index (χ1n) is 11.3. The van der Waals surface area contributed by atoms with Crippen LogP contribution in [0.15, 0.2) is 88.9 Å². The number of ether oxygens (including phenoxy) is 1. The molecule has 0 radical (unpaired) electrons. The third kappa shape index (κ3) is 7.94. The first-order valence-corrected chi connectivity index (χ1v) is 11.3. The largest absolute Gasteiger partial charge is 0.497 e. The molecule has 5 heteroatoms. The van der Waals surface area contributed by atoms with Crippen molar-refractivity contribution in [2.45, 2.75) is 40.0 Å². The minimum atomic E-state index is -0.292. The van der Waals surface area contributed by atoms with Gasteiger partial charge in [-0.25, -0.2) is 4.39 Å². The maximum atomic E-state index is 13.9. The average Bonchev–Trinajstić information content (AvgIpc) is 2.79. The van der Waals surface area contributed by atoms with Crippen LogP contribution in [0.1, 0.15) is 45.6 Å². The average molecular weight is 451 g/mol. The molecule has 0 bridgehead atoms. The highest BCUT2D eigenvalue weighted by Crippen LogP contribution is 2.32. The predicted octanol–water partition coefficient (Wildman–Crippen LogP) is 6.06. The lowest BCUT2D eigenvalue weighted by molar-refractivity contribution is -0.129. The molecule has 0 aromatic heterocycles. The van der Waals surface area contributed by atoms with Gasteiger partial charge in [-0.05, 0) is 72.4 Å². The smallest absolute Gasteiger partial charge is 0.225 e. The van der Waals surface area contributed by atoms with Crippen molar-refractivity contribution < 1.29 is 13.9 Å². The van der Waals surface area contributed by atoms with Gasteiger partial charge in [-0.2, -0.15) is 0 Å². The second kappa shape index (κ2) is 12.6. The summed E-state index contributed by atoms with van der Waals surface area (Å²) in [7, 11) is 3.45. The minimum Gasteiger partial charge on any atom is -0.497 e. The van der Waals surface area contributed by atoms with Crippen molar-refractivity contribution in [1.82, 2.24) is 4.90 Å². The van der Waals surface area contributed by atoms with Crippen LogP contribution in [0.2, 0.25) is 0 Å². The van der Waals surface area contributed by atoms with Gasteiger partial charge in [0, 0.05) is 26.2 Å². The van der Waals surface area contributed by atoms with Crippen molar-refractivity contribution in [2.75, 3.05) is 20.7 Å². The summed E-state index contributed by atoms with van der Waals surface area (Å²) in [5, 5.41) is 0. The minimum absolute atomic E-state index is 0.00923. The maximum absolute atomic E-state index is 13.9. The van der Waals surface area contributed by atoms with E-state index in [9.17, 15) is 9.18 Å². The van der Waals surface area contributed by atoms with Crippen LogP contribution in [0, 0.1) is 5.82 Å². The van der Waals surface area contributed by atoms with Crippen LogP contribution in [0.4, 0.5) is 4.39 Å². The van der Waals surface area contributed by atoms with E-state index in [0.717, 1.165) is 45.7 Å². The first kappa shape index (κ1) is 25.9. The predicted molar refractivity (Wildman–Crippen MR) is 134 cm³/mol. The van der Waals surface area contributed by atoms with Crippen molar-refractivity contribution in [3.63, 3.8) is 0 Å². The number of carbonyl (C=O) groups excluding carboxylic acids is 1. The summed E-state index contributed by atoms with van der Waals surface area (Å²) in [4.78, 5) is 13.4. The SMILES string of the molecule is C\C=C/C=C(CC)/C(N)=C/C(C)=C1/C=C(c2cccc(F)c2)C=C(OCCC(=O)N(C)C)C1. The molecular formula is C28H35FN2O2. The Balaban J connectivity index is 2.39. The van der Waals surface area contributed by atoms with Crippen molar-refractivity contribution in [3.05, 3.63) is 100 Å². The second-order valence-electron chi connectivity index (χ2n) is 8.16. The zero-order chi connectivity index (χ0) is 24.4. The summed E-state index contributed by atoms with van der Waals surface area (Å²) < 4.78 is 19.8. The quantitative estimate of drug-likeness (QED) is 0.465. The van der Waals surface area contributed by atoms with E-state index in [1.165, 1.54) is 12.1 Å². The molecule has 0 spiro atoms. The van der Waals surface area contributed by atoms with E-state index >= 15 is 0 Å². The molecule has 1 aromatic rings. The molecule has 33 heavy (non-hydrogen) atoms. The van der Waals surface area contributed by atoms with Gasteiger partial charge in [-0.3, -0.25) is 4.79 Å². The standard InChI is InChI=1S/C28H35FN2O2/c1-6-8-10-21(7-2)27(30)15-20(3)23-16-24(22-11-9-12-25(29)17-22)19-26(18-23)33-14-13-28(32)31(4)5/h6,8-12,15-17,19H,7,13-14,18,30H2,1-5H3/b8-6-,21-10+,23-20-,27-15-. The van der Waals surface area contributed by atoms with Gasteiger partial charge in [-0.15, -0.1) is 0 Å². The van der Waals surface area contributed by atoms with Crippen LogP contribution in [0.3, 0.4) is 0 Å². The van der Waals surface area contributed by atoms with E-state index in [-0.39, 0.29) is 18.3 Å². The number of halogens is 1. The summed E-state index contributed by atoms with van der Waals surface area (Å²) in [5.74, 6) is 0.458. The molecule has 0 heterocycles. The van der Waals surface area contributed by atoms with Crippen LogP contribution in [-0.4, -0.2) is 31.5 Å². The Labute approximate surface area is 197 Å². The highest BCUT2D eigenvalue weighted by Gasteiger charge is 2.15. The molecule has 1 aliphatic carbocycles. The van der Waals surface area contributed by atoms with Gasteiger partial charge in [0.2, 0.25) is 5.91 Å². The van der Waals surface area contributed by atoms with Crippen molar-refractivity contribution >= 4 is 11.5 Å². The first-order chi connectivity index (χ1) is 15.7. The van der Waals surface area contributed by atoms with Gasteiger partial charge >= 0.3 is 0 Å². The lowest BCUT2D eigenvalue weighted by Crippen LogP contribution is -2.22. The summed E-state index contributed by atoms with van der Waals surface area (Å²) in [5.41, 5.74) is 11.8. The van der Waals surface area contributed by atoms with E-state index in [1.807, 2.05) is 56.4 Å². The number of nitrogens with zero attached hydrogens (tertiary/aromatic N) is 1. The van der Waals surface area contributed by atoms with E-state index in [1.54, 1.807) is 25.1 Å². The molecule has 0 unspecified atom stereocenters. The number of hydrogen-bond donors (Lipinski definition) is 1. The number of rotatable bonds is 9. The van der Waals surface area contributed by atoms with Crippen LogP contribution in [0.5, 0.6) is 0 Å². The van der Waals surface area contributed by atoms with E-state index in [2.05, 4.69) is 6.92 Å². The molecule has 0 fully saturated rings. The van der Waals surface area contributed by atoms with Gasteiger partial charge in [0.1, 0.15) is 11.6 Å². The highest BCUT2D eigenvalue weighted by molar-refractivity contribution is 5.79. The summed E-state index contributed by atoms with van der Waals surface area (Å²) >= 11 is 0. The molecule has 0 saturated carbocycles. The Bertz CT molecular complexity index is 1040. The highest BCUT2D eigenvalue weighted by atomic mass is 19.1. The monoisotopic (exact) mass is 450 g/mol. The van der Waals surface area contributed by atoms with Crippen LogP contribution in [-0.2, 0) is 9.53 Å². The lowest BCUT2D eigenvalue weighted by Gasteiger charge is -2.20. The van der Waals surface area contributed by atoms with Gasteiger partial charge in [0.25, 0.3) is 0 Å². The molecule has 2 N–H and O–H groups in total. The molecular weight excluding hydrogens is 415 g/mol. The molecule has 0 aliphatic heterocycles. The van der Waals surface area contributed by atoms with Gasteiger partial charge < -0.3 is 15.4 Å². The fraction of sp³-hybridized carbons (Fsp3) is 0.321. The summed E-state index contributed by atoms with van der Waals surface area (Å²) in [6, 6.07) is 6.50. The zero-order valence-electron chi connectivity index (χ0n) is 20.3. The zero-order valence-corrected chi connectivity index (χ0v) is 20.3. The Kier molecular flexibility index (Phi) is 9.92. The van der Waals surface area contributed by atoms with Gasteiger partial charge in [0.05, 0.1) is 13.0 Å². The van der Waals surface area contributed by atoms with Crippen molar-refractivity contribution in [3.8, 4) is 0 Å². The number of allylic oxidation sites excluding steroid dienone is 10. The lowest BCUT2D eigenvalue weighted by atomic mass is 9.92. The van der Waals surface area contributed by atoms with Gasteiger partial charge in [-0.1, -0.05) is 43.4 Å². The molecule has 0 atom stereocenters. The molecule has 2 rings (SSSR count).